The summed E-state index contributed by atoms with van der Waals surface area (Å²) >= 11 is 1.52. The smallest absolute Gasteiger partial charge is 0.258 e. The number of benzene rings is 1. The van der Waals surface area contributed by atoms with E-state index >= 15 is 0 Å². The fourth-order valence-electron chi connectivity index (χ4n) is 5.01. The summed E-state index contributed by atoms with van der Waals surface area (Å²) in [6.07, 6.45) is 3.35. The molecule has 2 heterocycles. The van der Waals surface area contributed by atoms with Crippen LogP contribution in [0.1, 0.15) is 46.6 Å². The number of nitrogens with zero attached hydrogens (tertiary/aromatic N) is 1. The van der Waals surface area contributed by atoms with Gasteiger partial charge in [-0.2, -0.15) is 0 Å². The molecule has 2 N–H and O–H groups in total. The number of rotatable bonds is 2. The van der Waals surface area contributed by atoms with Gasteiger partial charge >= 0.3 is 0 Å². The predicted octanol–water partition coefficient (Wildman–Crippen LogP) is 3.65. The fraction of sp³-hybridized carbons (Fsp3) is 0.476. The van der Waals surface area contributed by atoms with Crippen molar-refractivity contribution in [2.75, 3.05) is 5.32 Å². The Morgan fingerprint density at radius 1 is 1.32 bits per heavy atom. The highest BCUT2D eigenvalue weighted by Crippen LogP contribution is 2.52. The van der Waals surface area contributed by atoms with Crippen LogP contribution in [0.2, 0.25) is 0 Å². The maximum Gasteiger partial charge on any atom is 0.258 e. The molecular formula is C21H23N3O3S. The number of aryl methyl sites for hydroxylation is 2. The van der Waals surface area contributed by atoms with Gasteiger partial charge in [-0.1, -0.05) is 12.1 Å². The van der Waals surface area contributed by atoms with Crippen LogP contribution >= 0.6 is 11.3 Å². The van der Waals surface area contributed by atoms with Gasteiger partial charge in [0.1, 0.15) is 5.75 Å². The number of aromatic nitrogens is 1. The van der Waals surface area contributed by atoms with Crippen molar-refractivity contribution in [1.29, 1.82) is 0 Å². The van der Waals surface area contributed by atoms with Crippen LogP contribution in [-0.2, 0) is 4.79 Å². The highest BCUT2D eigenvalue weighted by Gasteiger charge is 2.57. The third-order valence-corrected chi connectivity index (χ3v) is 7.55. The monoisotopic (exact) mass is 397 g/mol. The van der Waals surface area contributed by atoms with Gasteiger partial charge in [0.15, 0.2) is 10.9 Å². The van der Waals surface area contributed by atoms with Crippen LogP contribution < -0.4 is 15.4 Å². The summed E-state index contributed by atoms with van der Waals surface area (Å²) in [4.78, 5) is 31.1. The Kier molecular flexibility index (Phi) is 3.98. The first kappa shape index (κ1) is 17.7. The molecule has 7 heteroatoms. The largest absolute Gasteiger partial charge is 0.467 e. The first-order chi connectivity index (χ1) is 13.4. The van der Waals surface area contributed by atoms with Crippen molar-refractivity contribution >= 4 is 28.3 Å². The Bertz CT molecular complexity index is 952. The minimum absolute atomic E-state index is 0.0424. The molecule has 3 saturated carbocycles. The minimum Gasteiger partial charge on any atom is -0.467 e. The number of ether oxygens (including phenoxy) is 1. The third-order valence-electron chi connectivity index (χ3n) is 6.56. The van der Waals surface area contributed by atoms with Gasteiger partial charge < -0.3 is 15.4 Å². The van der Waals surface area contributed by atoms with Crippen LogP contribution in [-0.4, -0.2) is 22.5 Å². The molecule has 146 valence electrons. The Labute approximate surface area is 167 Å². The number of thiazole rings is 1. The maximum atomic E-state index is 12.9. The zero-order chi connectivity index (χ0) is 19.5. The Morgan fingerprint density at radius 2 is 2.14 bits per heavy atom. The molecule has 3 fully saturated rings. The first-order valence-corrected chi connectivity index (χ1v) is 10.6. The topological polar surface area (TPSA) is 80.3 Å². The van der Waals surface area contributed by atoms with Crippen molar-refractivity contribution in [1.82, 2.24) is 10.3 Å². The van der Waals surface area contributed by atoms with Gasteiger partial charge in [0.25, 0.3) is 5.91 Å². The van der Waals surface area contributed by atoms with E-state index in [-0.39, 0.29) is 29.6 Å². The molecule has 1 aromatic heterocycles. The molecular weight excluding hydrogens is 374 g/mol. The van der Waals surface area contributed by atoms with Gasteiger partial charge in [-0.15, -0.1) is 11.3 Å². The van der Waals surface area contributed by atoms with E-state index in [9.17, 15) is 9.59 Å². The van der Waals surface area contributed by atoms with E-state index in [2.05, 4.69) is 15.6 Å². The molecule has 2 aromatic rings. The zero-order valence-electron chi connectivity index (χ0n) is 16.0. The molecule has 2 amide bonds. The van der Waals surface area contributed by atoms with Crippen LogP contribution in [0.3, 0.4) is 0 Å². The summed E-state index contributed by atoms with van der Waals surface area (Å²) in [6.45, 7) is 3.96. The molecule has 6 nitrogen and oxygen atoms in total. The highest BCUT2D eigenvalue weighted by atomic mass is 32.1. The molecule has 4 atom stereocenters. The Morgan fingerprint density at radius 3 is 2.86 bits per heavy atom. The summed E-state index contributed by atoms with van der Waals surface area (Å²) in [5, 5.41) is 6.82. The van der Waals surface area contributed by atoms with Gasteiger partial charge in [0, 0.05) is 23.1 Å². The van der Waals surface area contributed by atoms with E-state index in [0.717, 1.165) is 29.8 Å². The molecule has 0 radical (unpaired) electrons. The quantitative estimate of drug-likeness (QED) is 0.811. The molecule has 2 bridgehead atoms. The number of nitrogens with one attached hydrogen (secondary N) is 2. The average Bonchev–Trinajstić information content (AvgIpc) is 2.99. The van der Waals surface area contributed by atoms with Crippen molar-refractivity contribution in [2.24, 2.45) is 17.8 Å². The van der Waals surface area contributed by atoms with E-state index in [0.29, 0.717) is 22.9 Å². The number of fused-ring (bicyclic) bond motifs is 3. The lowest BCUT2D eigenvalue weighted by Crippen LogP contribution is -2.66. The Balaban J connectivity index is 1.35. The molecule has 28 heavy (non-hydrogen) atoms. The van der Waals surface area contributed by atoms with Crippen LogP contribution in [0, 0.1) is 31.6 Å². The van der Waals surface area contributed by atoms with Crippen LogP contribution in [0.15, 0.2) is 24.3 Å². The molecule has 1 aromatic carbocycles. The van der Waals surface area contributed by atoms with Gasteiger partial charge in [0.05, 0.1) is 11.3 Å². The minimum atomic E-state index is -0.681. The number of carbonyl (C=O) groups is 2. The summed E-state index contributed by atoms with van der Waals surface area (Å²) in [5.74, 6) is 0.869. The molecule has 1 aliphatic heterocycles. The van der Waals surface area contributed by atoms with Gasteiger partial charge in [-0.05, 0) is 51.2 Å². The lowest BCUT2D eigenvalue weighted by atomic mass is 9.60. The summed E-state index contributed by atoms with van der Waals surface area (Å²) < 4.78 is 6.36. The fourth-order valence-corrected chi connectivity index (χ4v) is 5.82. The number of hydrogen-bond donors (Lipinski definition) is 2. The third kappa shape index (κ3) is 2.71. The van der Waals surface area contributed by atoms with Crippen molar-refractivity contribution in [3.8, 4) is 5.75 Å². The van der Waals surface area contributed by atoms with Crippen LogP contribution in [0.5, 0.6) is 5.75 Å². The maximum absolute atomic E-state index is 12.9. The van der Waals surface area contributed by atoms with Crippen molar-refractivity contribution < 1.29 is 14.3 Å². The van der Waals surface area contributed by atoms with E-state index < -0.39 is 5.72 Å². The lowest BCUT2D eigenvalue weighted by molar-refractivity contribution is -0.142. The molecule has 1 spiro atoms. The lowest BCUT2D eigenvalue weighted by Gasteiger charge is -2.55. The van der Waals surface area contributed by atoms with Gasteiger partial charge in [0.2, 0.25) is 5.91 Å². The molecule has 0 unspecified atom stereocenters. The Hall–Kier alpha value is -2.41. The molecule has 0 saturated heterocycles. The molecule has 6 rings (SSSR count). The second kappa shape index (κ2) is 6.30. The highest BCUT2D eigenvalue weighted by molar-refractivity contribution is 7.15. The molecule has 3 aliphatic carbocycles. The second-order valence-electron chi connectivity index (χ2n) is 8.17. The van der Waals surface area contributed by atoms with E-state index in [1.165, 1.54) is 11.3 Å². The number of anilines is 1. The first-order valence-electron chi connectivity index (χ1n) is 9.80. The number of para-hydroxylation sites is 1. The SMILES string of the molecule is Cc1nc(NC(=O)[C@@H]2C[C@H]3CC[C@H]2C[C@@]32NC(=O)c3ccccc3O2)sc1C. The van der Waals surface area contributed by atoms with E-state index in [1.54, 1.807) is 6.07 Å². The van der Waals surface area contributed by atoms with Gasteiger partial charge in [-0.25, -0.2) is 4.98 Å². The molecule has 4 aliphatic rings. The predicted molar refractivity (Wildman–Crippen MR) is 106 cm³/mol. The zero-order valence-corrected chi connectivity index (χ0v) is 16.8. The van der Waals surface area contributed by atoms with Crippen LogP contribution in [0.25, 0.3) is 0 Å². The summed E-state index contributed by atoms with van der Waals surface area (Å²) in [5.41, 5.74) is 0.860. The van der Waals surface area contributed by atoms with E-state index in [1.807, 2.05) is 32.0 Å². The standard InChI is InChI=1S/C21H23N3O3S/c1-11-12(2)28-20(22-11)23-18(25)16-9-14-8-7-13(16)10-21(14)24-19(26)15-5-3-4-6-17(15)27-21/h3-6,13-14,16H,7-10H2,1-2H3,(H,24,26)(H,22,23,25)/t13-,14+,16+,21-/m0/s1. The average molecular weight is 398 g/mol. The van der Waals surface area contributed by atoms with Crippen molar-refractivity contribution in [2.45, 2.75) is 45.3 Å². The second-order valence-corrected chi connectivity index (χ2v) is 9.38. The normalized spacial score (nSPS) is 30.5. The van der Waals surface area contributed by atoms with Crippen molar-refractivity contribution in [3.05, 3.63) is 40.4 Å². The van der Waals surface area contributed by atoms with Crippen LogP contribution in [0.4, 0.5) is 5.13 Å². The summed E-state index contributed by atoms with van der Waals surface area (Å²) in [7, 11) is 0. The summed E-state index contributed by atoms with van der Waals surface area (Å²) in [6, 6.07) is 7.37. The van der Waals surface area contributed by atoms with Crippen molar-refractivity contribution in [3.63, 3.8) is 0 Å². The van der Waals surface area contributed by atoms with E-state index in [4.69, 9.17) is 4.74 Å². The number of amides is 2. The van der Waals surface area contributed by atoms with Gasteiger partial charge in [-0.3, -0.25) is 9.59 Å². The number of hydrogen-bond acceptors (Lipinski definition) is 5. The number of carbonyl (C=O) groups excluding carboxylic acids is 2.